The van der Waals surface area contributed by atoms with Gasteiger partial charge in [-0.1, -0.05) is 42.8 Å². The summed E-state index contributed by atoms with van der Waals surface area (Å²) in [6.45, 7) is 6.49. The molecule has 0 fully saturated rings. The first-order valence-electron chi connectivity index (χ1n) is 5.20. The molecule has 1 unspecified atom stereocenters. The van der Waals surface area contributed by atoms with E-state index in [9.17, 15) is 0 Å². The molecule has 0 aliphatic heterocycles. The van der Waals surface area contributed by atoms with Crippen LogP contribution in [0.3, 0.4) is 0 Å². The van der Waals surface area contributed by atoms with Crippen molar-refractivity contribution < 1.29 is 0 Å². The maximum atomic E-state index is 3.39. The van der Waals surface area contributed by atoms with Gasteiger partial charge in [-0.25, -0.2) is 0 Å². The molecule has 0 saturated carbocycles. The number of rotatable bonds is 4. The van der Waals surface area contributed by atoms with E-state index < -0.39 is 0 Å². The highest BCUT2D eigenvalue weighted by Crippen LogP contribution is 2.11. The van der Waals surface area contributed by atoms with Crippen LogP contribution in [0.4, 0.5) is 0 Å². The summed E-state index contributed by atoms with van der Waals surface area (Å²) in [6.07, 6.45) is 3.21. The lowest BCUT2D eigenvalue weighted by Crippen LogP contribution is -2.11. The van der Waals surface area contributed by atoms with E-state index in [1.165, 1.54) is 11.1 Å². The number of benzene rings is 1. The lowest BCUT2D eigenvalue weighted by Gasteiger charge is -2.12. The summed E-state index contributed by atoms with van der Waals surface area (Å²) in [5.74, 6) is 0. The minimum absolute atomic E-state index is 0.387. The molecule has 1 atom stereocenters. The minimum atomic E-state index is 0.387. The van der Waals surface area contributed by atoms with Gasteiger partial charge in [0.15, 0.2) is 0 Å². The molecule has 0 spiro atoms. The van der Waals surface area contributed by atoms with E-state index in [0.717, 1.165) is 6.42 Å². The molecule has 0 aromatic heterocycles. The number of hydrogen-bond donors (Lipinski definition) is 1. The second-order valence-electron chi connectivity index (χ2n) is 3.64. The number of hydrogen-bond acceptors (Lipinski definition) is 1. The quantitative estimate of drug-likeness (QED) is 0.762. The highest BCUT2D eigenvalue weighted by atomic mass is 14.9. The van der Waals surface area contributed by atoms with Crippen LogP contribution in [-0.4, -0.2) is 0 Å². The molecule has 0 radical (unpaired) electrons. The van der Waals surface area contributed by atoms with Gasteiger partial charge in [0.25, 0.3) is 0 Å². The van der Waals surface area contributed by atoms with Gasteiger partial charge in [0, 0.05) is 6.04 Å². The van der Waals surface area contributed by atoms with Crippen molar-refractivity contribution in [2.45, 2.75) is 33.2 Å². The Morgan fingerprint density at radius 2 is 2.00 bits per heavy atom. The molecule has 0 heterocycles. The zero-order chi connectivity index (χ0) is 10.4. The molecule has 1 heteroatoms. The van der Waals surface area contributed by atoms with Crippen molar-refractivity contribution in [2.75, 3.05) is 0 Å². The van der Waals surface area contributed by atoms with Gasteiger partial charge in [-0.05, 0) is 32.0 Å². The fourth-order valence-electron chi connectivity index (χ4n) is 1.21. The van der Waals surface area contributed by atoms with Crippen molar-refractivity contribution in [1.82, 2.24) is 5.32 Å². The summed E-state index contributed by atoms with van der Waals surface area (Å²) in [5, 5.41) is 3.39. The smallest absolute Gasteiger partial charge is 0.0480 e. The van der Waals surface area contributed by atoms with E-state index in [-0.39, 0.29) is 0 Å². The third-order valence-electron chi connectivity index (χ3n) is 2.44. The third kappa shape index (κ3) is 3.25. The Labute approximate surface area is 86.8 Å². The van der Waals surface area contributed by atoms with Gasteiger partial charge in [0.2, 0.25) is 0 Å². The van der Waals surface area contributed by atoms with E-state index in [2.05, 4.69) is 56.6 Å². The molecule has 0 saturated heterocycles. The first-order valence-corrected chi connectivity index (χ1v) is 5.20. The molecule has 1 N–H and O–H groups in total. The number of allylic oxidation sites excluding steroid dienone is 1. The van der Waals surface area contributed by atoms with Crippen LogP contribution in [0.1, 0.15) is 38.8 Å². The van der Waals surface area contributed by atoms with Gasteiger partial charge in [0.1, 0.15) is 0 Å². The third-order valence-corrected chi connectivity index (χ3v) is 2.44. The Morgan fingerprint density at radius 3 is 2.57 bits per heavy atom. The molecule has 0 aliphatic carbocycles. The molecule has 14 heavy (non-hydrogen) atoms. The van der Waals surface area contributed by atoms with Crippen LogP contribution >= 0.6 is 0 Å². The average molecular weight is 189 g/mol. The van der Waals surface area contributed by atoms with Gasteiger partial charge < -0.3 is 5.32 Å². The molecular weight excluding hydrogens is 170 g/mol. The second-order valence-corrected chi connectivity index (χ2v) is 3.64. The average Bonchev–Trinajstić information content (AvgIpc) is 2.26. The van der Waals surface area contributed by atoms with E-state index in [1.54, 1.807) is 0 Å². The molecule has 0 aliphatic rings. The molecular formula is C13H19N. The monoisotopic (exact) mass is 189 g/mol. The topological polar surface area (TPSA) is 12.0 Å². The fourth-order valence-corrected chi connectivity index (χ4v) is 1.21. The zero-order valence-electron chi connectivity index (χ0n) is 9.25. The normalized spacial score (nSPS) is 13.8. The van der Waals surface area contributed by atoms with Crippen molar-refractivity contribution in [3.05, 3.63) is 47.7 Å². The Kier molecular flexibility index (Phi) is 4.24. The van der Waals surface area contributed by atoms with E-state index >= 15 is 0 Å². The second kappa shape index (κ2) is 5.48. The lowest BCUT2D eigenvalue weighted by molar-refractivity contribution is 0.680. The van der Waals surface area contributed by atoms with E-state index in [1.807, 2.05) is 6.07 Å². The van der Waals surface area contributed by atoms with Crippen molar-refractivity contribution >= 4 is 0 Å². The van der Waals surface area contributed by atoms with Gasteiger partial charge in [-0.2, -0.15) is 0 Å². The number of nitrogens with one attached hydrogen (secondary N) is 1. The summed E-state index contributed by atoms with van der Waals surface area (Å²) in [5.41, 5.74) is 2.71. The molecule has 76 valence electrons. The molecule has 1 aromatic rings. The van der Waals surface area contributed by atoms with Crippen LogP contribution in [0.15, 0.2) is 42.1 Å². The Hall–Kier alpha value is -1.24. The summed E-state index contributed by atoms with van der Waals surface area (Å²) >= 11 is 0. The summed E-state index contributed by atoms with van der Waals surface area (Å²) in [7, 11) is 0. The first-order chi connectivity index (χ1) is 6.74. The lowest BCUT2D eigenvalue weighted by atomic mass is 10.1. The highest BCUT2D eigenvalue weighted by molar-refractivity contribution is 5.18. The van der Waals surface area contributed by atoms with Crippen LogP contribution in [-0.2, 0) is 0 Å². The van der Waals surface area contributed by atoms with Crippen LogP contribution in [0.5, 0.6) is 0 Å². The molecule has 1 rings (SSSR count). The molecule has 1 aromatic carbocycles. The SMILES string of the molecule is CC/C(C)=C/NC(C)c1ccccc1. The van der Waals surface area contributed by atoms with E-state index in [0.29, 0.717) is 6.04 Å². The van der Waals surface area contributed by atoms with Gasteiger partial charge >= 0.3 is 0 Å². The fraction of sp³-hybridized carbons (Fsp3) is 0.385. The Balaban J connectivity index is 2.55. The van der Waals surface area contributed by atoms with Crippen LogP contribution in [0.2, 0.25) is 0 Å². The first kappa shape index (κ1) is 10.8. The predicted molar refractivity (Wildman–Crippen MR) is 62.0 cm³/mol. The van der Waals surface area contributed by atoms with Crippen LogP contribution in [0, 0.1) is 0 Å². The van der Waals surface area contributed by atoms with Crippen molar-refractivity contribution in [2.24, 2.45) is 0 Å². The van der Waals surface area contributed by atoms with Crippen LogP contribution in [0.25, 0.3) is 0 Å². The summed E-state index contributed by atoms with van der Waals surface area (Å²) < 4.78 is 0. The zero-order valence-corrected chi connectivity index (χ0v) is 9.25. The summed E-state index contributed by atoms with van der Waals surface area (Å²) in [4.78, 5) is 0. The Morgan fingerprint density at radius 1 is 1.36 bits per heavy atom. The molecule has 0 bridgehead atoms. The van der Waals surface area contributed by atoms with Gasteiger partial charge in [-0.15, -0.1) is 0 Å². The van der Waals surface area contributed by atoms with Gasteiger partial charge in [-0.3, -0.25) is 0 Å². The minimum Gasteiger partial charge on any atom is -0.384 e. The predicted octanol–water partition coefficient (Wildman–Crippen LogP) is 3.65. The summed E-state index contributed by atoms with van der Waals surface area (Å²) in [6, 6.07) is 10.9. The van der Waals surface area contributed by atoms with E-state index in [4.69, 9.17) is 0 Å². The van der Waals surface area contributed by atoms with Gasteiger partial charge in [0.05, 0.1) is 0 Å². The van der Waals surface area contributed by atoms with Crippen molar-refractivity contribution in [3.8, 4) is 0 Å². The maximum Gasteiger partial charge on any atom is 0.0480 e. The largest absolute Gasteiger partial charge is 0.384 e. The van der Waals surface area contributed by atoms with Crippen molar-refractivity contribution in [3.63, 3.8) is 0 Å². The molecule has 0 amide bonds. The standard InChI is InChI=1S/C13H19N/c1-4-11(2)10-14-12(3)13-8-6-5-7-9-13/h5-10,12,14H,4H2,1-3H3/b11-10+. The maximum absolute atomic E-state index is 3.39. The van der Waals surface area contributed by atoms with Crippen LogP contribution < -0.4 is 5.32 Å². The molecule has 1 nitrogen and oxygen atoms in total. The van der Waals surface area contributed by atoms with Crippen molar-refractivity contribution in [1.29, 1.82) is 0 Å². The Bertz CT molecular complexity index is 287. The highest BCUT2D eigenvalue weighted by Gasteiger charge is 2.00.